The normalized spacial score (nSPS) is 10.2. The lowest BCUT2D eigenvalue weighted by atomic mass is 10.1. The van der Waals surface area contributed by atoms with Crippen molar-refractivity contribution in [1.82, 2.24) is 10.3 Å². The molecule has 4 nitrogen and oxygen atoms in total. The highest BCUT2D eigenvalue weighted by Gasteiger charge is 2.09. The molecule has 1 amide bonds. The Morgan fingerprint density at radius 1 is 1.26 bits per heavy atom. The SMILES string of the molecule is Cc1ccccc1CCNC(=O)c1cccnc1N. The van der Waals surface area contributed by atoms with Gasteiger partial charge >= 0.3 is 0 Å². The molecular formula is C15H17N3O. The van der Waals surface area contributed by atoms with Crippen LogP contribution in [0.4, 0.5) is 5.82 Å². The lowest BCUT2D eigenvalue weighted by Gasteiger charge is -2.08. The number of hydrogen-bond acceptors (Lipinski definition) is 3. The molecule has 1 aromatic heterocycles. The van der Waals surface area contributed by atoms with E-state index in [-0.39, 0.29) is 11.7 Å². The lowest BCUT2D eigenvalue weighted by molar-refractivity contribution is 0.0954. The Bertz CT molecular complexity index is 581. The van der Waals surface area contributed by atoms with Crippen LogP contribution in [0.5, 0.6) is 0 Å². The molecule has 0 atom stereocenters. The highest BCUT2D eigenvalue weighted by Crippen LogP contribution is 2.08. The maximum atomic E-state index is 11.9. The first-order chi connectivity index (χ1) is 9.18. The molecule has 1 heterocycles. The number of rotatable bonds is 4. The molecule has 0 bridgehead atoms. The van der Waals surface area contributed by atoms with E-state index < -0.39 is 0 Å². The molecule has 98 valence electrons. The number of amides is 1. The van der Waals surface area contributed by atoms with Crippen LogP contribution in [0.25, 0.3) is 0 Å². The van der Waals surface area contributed by atoms with Crippen molar-refractivity contribution in [3.05, 3.63) is 59.3 Å². The minimum atomic E-state index is -0.181. The Kier molecular flexibility index (Phi) is 4.13. The van der Waals surface area contributed by atoms with E-state index in [0.717, 1.165) is 6.42 Å². The summed E-state index contributed by atoms with van der Waals surface area (Å²) in [6.45, 7) is 2.65. The van der Waals surface area contributed by atoms with Crippen LogP contribution in [0, 0.1) is 6.92 Å². The van der Waals surface area contributed by atoms with Crippen molar-refractivity contribution in [3.8, 4) is 0 Å². The van der Waals surface area contributed by atoms with Gasteiger partial charge in [0.25, 0.3) is 5.91 Å². The smallest absolute Gasteiger partial charge is 0.255 e. The van der Waals surface area contributed by atoms with E-state index >= 15 is 0 Å². The molecule has 0 saturated carbocycles. The van der Waals surface area contributed by atoms with E-state index in [4.69, 9.17) is 5.73 Å². The van der Waals surface area contributed by atoms with Gasteiger partial charge in [-0.05, 0) is 36.6 Å². The summed E-state index contributed by atoms with van der Waals surface area (Å²) < 4.78 is 0. The zero-order valence-corrected chi connectivity index (χ0v) is 10.9. The second kappa shape index (κ2) is 6.00. The quantitative estimate of drug-likeness (QED) is 0.877. The molecule has 1 aromatic carbocycles. The van der Waals surface area contributed by atoms with Crippen LogP contribution in [0.3, 0.4) is 0 Å². The summed E-state index contributed by atoms with van der Waals surface area (Å²) in [5, 5.41) is 2.86. The molecule has 2 aromatic rings. The van der Waals surface area contributed by atoms with Crippen LogP contribution in [0.15, 0.2) is 42.6 Å². The molecule has 0 spiro atoms. The topological polar surface area (TPSA) is 68.0 Å². The number of nitrogen functional groups attached to an aromatic ring is 1. The average molecular weight is 255 g/mol. The summed E-state index contributed by atoms with van der Waals surface area (Å²) in [5.41, 5.74) is 8.55. The van der Waals surface area contributed by atoms with Gasteiger partial charge in [-0.15, -0.1) is 0 Å². The van der Waals surface area contributed by atoms with Gasteiger partial charge in [-0.25, -0.2) is 4.98 Å². The number of carbonyl (C=O) groups excluding carboxylic acids is 1. The summed E-state index contributed by atoms with van der Waals surface area (Å²) in [4.78, 5) is 15.8. The van der Waals surface area contributed by atoms with Crippen LogP contribution in [-0.4, -0.2) is 17.4 Å². The van der Waals surface area contributed by atoms with Gasteiger partial charge in [-0.2, -0.15) is 0 Å². The molecular weight excluding hydrogens is 238 g/mol. The lowest BCUT2D eigenvalue weighted by Crippen LogP contribution is -2.26. The zero-order valence-electron chi connectivity index (χ0n) is 10.9. The Labute approximate surface area is 112 Å². The second-order valence-corrected chi connectivity index (χ2v) is 4.37. The number of nitrogens with two attached hydrogens (primary N) is 1. The van der Waals surface area contributed by atoms with Crippen LogP contribution >= 0.6 is 0 Å². The van der Waals surface area contributed by atoms with Gasteiger partial charge in [0, 0.05) is 12.7 Å². The number of nitrogens with one attached hydrogen (secondary N) is 1. The zero-order chi connectivity index (χ0) is 13.7. The van der Waals surface area contributed by atoms with Gasteiger partial charge in [0.1, 0.15) is 5.82 Å². The molecule has 0 aliphatic rings. The van der Waals surface area contributed by atoms with E-state index in [1.807, 2.05) is 12.1 Å². The monoisotopic (exact) mass is 255 g/mol. The molecule has 0 aliphatic heterocycles. The minimum Gasteiger partial charge on any atom is -0.383 e. The fourth-order valence-corrected chi connectivity index (χ4v) is 1.91. The largest absolute Gasteiger partial charge is 0.383 e. The van der Waals surface area contributed by atoms with E-state index in [9.17, 15) is 4.79 Å². The molecule has 0 fully saturated rings. The number of nitrogens with zero attached hydrogens (tertiary/aromatic N) is 1. The molecule has 0 unspecified atom stereocenters. The van der Waals surface area contributed by atoms with Crippen LogP contribution in [-0.2, 0) is 6.42 Å². The van der Waals surface area contributed by atoms with Gasteiger partial charge < -0.3 is 11.1 Å². The average Bonchev–Trinajstić information content (AvgIpc) is 2.41. The van der Waals surface area contributed by atoms with E-state index in [2.05, 4.69) is 29.4 Å². The molecule has 0 saturated heterocycles. The predicted molar refractivity (Wildman–Crippen MR) is 75.9 cm³/mol. The fraction of sp³-hybridized carbons (Fsp3) is 0.200. The molecule has 0 aliphatic carbocycles. The molecule has 2 rings (SSSR count). The third kappa shape index (κ3) is 3.31. The van der Waals surface area contributed by atoms with Gasteiger partial charge in [-0.3, -0.25) is 4.79 Å². The Morgan fingerprint density at radius 2 is 2.05 bits per heavy atom. The number of hydrogen-bond donors (Lipinski definition) is 2. The molecule has 0 radical (unpaired) electrons. The van der Waals surface area contributed by atoms with Gasteiger partial charge in [-0.1, -0.05) is 24.3 Å². The number of carbonyl (C=O) groups is 1. The van der Waals surface area contributed by atoms with Crippen molar-refractivity contribution < 1.29 is 4.79 Å². The first kappa shape index (κ1) is 13.1. The number of benzene rings is 1. The minimum absolute atomic E-state index is 0.181. The highest BCUT2D eigenvalue weighted by atomic mass is 16.1. The molecule has 3 N–H and O–H groups in total. The van der Waals surface area contributed by atoms with Gasteiger partial charge in [0.2, 0.25) is 0 Å². The second-order valence-electron chi connectivity index (χ2n) is 4.37. The van der Waals surface area contributed by atoms with Crippen molar-refractivity contribution in [1.29, 1.82) is 0 Å². The van der Waals surface area contributed by atoms with Gasteiger partial charge in [0.05, 0.1) is 5.56 Å². The Morgan fingerprint density at radius 3 is 2.79 bits per heavy atom. The van der Waals surface area contributed by atoms with Crippen molar-refractivity contribution >= 4 is 11.7 Å². The Balaban J connectivity index is 1.92. The predicted octanol–water partition coefficient (Wildman–Crippen LogP) is 1.94. The maximum Gasteiger partial charge on any atom is 0.255 e. The number of aromatic nitrogens is 1. The van der Waals surface area contributed by atoms with Crippen molar-refractivity contribution in [3.63, 3.8) is 0 Å². The third-order valence-corrected chi connectivity index (χ3v) is 3.02. The molecule has 19 heavy (non-hydrogen) atoms. The Hall–Kier alpha value is -2.36. The fourth-order valence-electron chi connectivity index (χ4n) is 1.91. The van der Waals surface area contributed by atoms with Crippen LogP contribution in [0.1, 0.15) is 21.5 Å². The standard InChI is InChI=1S/C15H17N3O/c1-11-5-2-3-6-12(11)8-10-18-15(19)13-7-4-9-17-14(13)16/h2-7,9H,8,10H2,1H3,(H2,16,17)(H,18,19). The molecule has 4 heteroatoms. The number of pyridine rings is 1. The highest BCUT2D eigenvalue weighted by molar-refractivity contribution is 5.98. The summed E-state index contributed by atoms with van der Waals surface area (Å²) in [7, 11) is 0. The van der Waals surface area contributed by atoms with E-state index in [1.54, 1.807) is 18.3 Å². The van der Waals surface area contributed by atoms with Crippen LogP contribution < -0.4 is 11.1 Å². The maximum absolute atomic E-state index is 11.9. The number of anilines is 1. The first-order valence-corrected chi connectivity index (χ1v) is 6.21. The van der Waals surface area contributed by atoms with Gasteiger partial charge in [0.15, 0.2) is 0 Å². The summed E-state index contributed by atoms with van der Waals surface area (Å²) >= 11 is 0. The van der Waals surface area contributed by atoms with Crippen molar-refractivity contribution in [2.24, 2.45) is 0 Å². The summed E-state index contributed by atoms with van der Waals surface area (Å²) in [6.07, 6.45) is 2.37. The van der Waals surface area contributed by atoms with E-state index in [0.29, 0.717) is 12.1 Å². The summed E-state index contributed by atoms with van der Waals surface area (Å²) in [5.74, 6) is 0.0788. The van der Waals surface area contributed by atoms with Crippen LogP contribution in [0.2, 0.25) is 0 Å². The van der Waals surface area contributed by atoms with Crippen molar-refractivity contribution in [2.45, 2.75) is 13.3 Å². The first-order valence-electron chi connectivity index (χ1n) is 6.21. The third-order valence-electron chi connectivity index (χ3n) is 3.02. The summed E-state index contributed by atoms with van der Waals surface area (Å²) in [6, 6.07) is 11.5. The van der Waals surface area contributed by atoms with Crippen molar-refractivity contribution in [2.75, 3.05) is 12.3 Å². The number of aryl methyl sites for hydroxylation is 1. The van der Waals surface area contributed by atoms with E-state index in [1.165, 1.54) is 11.1 Å².